The van der Waals surface area contributed by atoms with Gasteiger partial charge < -0.3 is 16.0 Å². The van der Waals surface area contributed by atoms with E-state index in [1.165, 1.54) is 6.92 Å². The van der Waals surface area contributed by atoms with Crippen molar-refractivity contribution in [3.8, 4) is 0 Å². The van der Waals surface area contributed by atoms with Crippen LogP contribution in [0.25, 0.3) is 5.65 Å². The lowest BCUT2D eigenvalue weighted by atomic mass is 10.2. The van der Waals surface area contributed by atoms with Crippen LogP contribution in [0.4, 0.5) is 0 Å². The first-order chi connectivity index (χ1) is 12.9. The molecule has 0 aliphatic rings. The van der Waals surface area contributed by atoms with Crippen molar-refractivity contribution in [3.05, 3.63) is 35.3 Å². The van der Waals surface area contributed by atoms with Crippen molar-refractivity contribution >= 4 is 23.4 Å². The van der Waals surface area contributed by atoms with Crippen LogP contribution < -0.4 is 16.0 Å². The fraction of sp³-hybridized carbons (Fsp3) is 0.474. The molecule has 8 heteroatoms. The van der Waals surface area contributed by atoms with Crippen molar-refractivity contribution < 1.29 is 14.4 Å². The number of carbonyl (C=O) groups excluding carboxylic acids is 3. The Hall–Kier alpha value is -2.90. The van der Waals surface area contributed by atoms with Crippen LogP contribution in [0.2, 0.25) is 0 Å². The van der Waals surface area contributed by atoms with Crippen LogP contribution >= 0.6 is 0 Å². The largest absolute Gasteiger partial charge is 0.356 e. The third kappa shape index (κ3) is 5.80. The number of nitrogens with zero attached hydrogens (tertiary/aromatic N) is 2. The number of imidazole rings is 1. The highest BCUT2D eigenvalue weighted by Crippen LogP contribution is 2.15. The Balaban J connectivity index is 1.72. The molecule has 0 aliphatic heterocycles. The molecular formula is C19H27N5O3. The molecule has 0 radical (unpaired) electrons. The van der Waals surface area contributed by atoms with Crippen molar-refractivity contribution in [1.29, 1.82) is 0 Å². The van der Waals surface area contributed by atoms with Gasteiger partial charge >= 0.3 is 0 Å². The molecular weight excluding hydrogens is 346 g/mol. The zero-order valence-corrected chi connectivity index (χ0v) is 16.1. The number of fused-ring (bicyclic) bond motifs is 1. The second-order valence-corrected chi connectivity index (χ2v) is 6.48. The minimum absolute atomic E-state index is 0.0614. The highest BCUT2D eigenvalue weighted by molar-refractivity contribution is 5.94. The lowest BCUT2D eigenvalue weighted by molar-refractivity contribution is -0.121. The Morgan fingerprint density at radius 1 is 1.04 bits per heavy atom. The summed E-state index contributed by atoms with van der Waals surface area (Å²) in [5.74, 6) is -0.330. The molecule has 0 unspecified atom stereocenters. The molecule has 2 heterocycles. The molecule has 2 aromatic rings. The van der Waals surface area contributed by atoms with Gasteiger partial charge in [0.2, 0.25) is 11.8 Å². The third-order valence-electron chi connectivity index (χ3n) is 4.15. The minimum atomic E-state index is -0.193. The van der Waals surface area contributed by atoms with Crippen LogP contribution in [0.3, 0.4) is 0 Å². The summed E-state index contributed by atoms with van der Waals surface area (Å²) in [4.78, 5) is 39.4. The van der Waals surface area contributed by atoms with Crippen LogP contribution in [-0.2, 0) is 9.59 Å². The highest BCUT2D eigenvalue weighted by Gasteiger charge is 2.16. The molecule has 0 saturated carbocycles. The van der Waals surface area contributed by atoms with E-state index in [1.54, 1.807) is 4.40 Å². The average Bonchev–Trinajstić information content (AvgIpc) is 2.95. The summed E-state index contributed by atoms with van der Waals surface area (Å²) in [6, 6.07) is 3.84. The zero-order valence-electron chi connectivity index (χ0n) is 16.1. The Morgan fingerprint density at radius 3 is 2.48 bits per heavy atom. The van der Waals surface area contributed by atoms with Crippen LogP contribution in [-0.4, -0.2) is 46.7 Å². The summed E-state index contributed by atoms with van der Waals surface area (Å²) >= 11 is 0. The third-order valence-corrected chi connectivity index (χ3v) is 4.15. The monoisotopic (exact) mass is 373 g/mol. The Labute approximate surface area is 158 Å². The second-order valence-electron chi connectivity index (χ2n) is 6.48. The van der Waals surface area contributed by atoms with E-state index in [9.17, 15) is 14.4 Å². The Kier molecular flexibility index (Phi) is 7.34. The van der Waals surface area contributed by atoms with E-state index in [0.717, 1.165) is 11.2 Å². The van der Waals surface area contributed by atoms with Crippen molar-refractivity contribution in [1.82, 2.24) is 25.3 Å². The lowest BCUT2D eigenvalue weighted by Gasteiger charge is -2.07. The van der Waals surface area contributed by atoms with Gasteiger partial charge in [-0.2, -0.15) is 0 Å². The first kappa shape index (κ1) is 20.4. The topological polar surface area (TPSA) is 105 Å². The van der Waals surface area contributed by atoms with Crippen LogP contribution in [0.5, 0.6) is 0 Å². The van der Waals surface area contributed by atoms with Crippen molar-refractivity contribution in [3.63, 3.8) is 0 Å². The zero-order chi connectivity index (χ0) is 19.8. The number of amides is 3. The number of hydrogen-bond donors (Lipinski definition) is 3. The van der Waals surface area contributed by atoms with Gasteiger partial charge in [0.25, 0.3) is 5.91 Å². The molecule has 0 atom stereocenters. The highest BCUT2D eigenvalue weighted by atomic mass is 16.2. The van der Waals surface area contributed by atoms with Crippen LogP contribution in [0, 0.1) is 13.8 Å². The molecule has 0 aliphatic carbocycles. The van der Waals surface area contributed by atoms with Crippen LogP contribution in [0.1, 0.15) is 47.9 Å². The Bertz CT molecular complexity index is 828. The van der Waals surface area contributed by atoms with Gasteiger partial charge in [-0.1, -0.05) is 6.07 Å². The average molecular weight is 373 g/mol. The fourth-order valence-corrected chi connectivity index (χ4v) is 2.79. The number of carbonyl (C=O) groups is 3. The molecule has 0 aromatic carbocycles. The summed E-state index contributed by atoms with van der Waals surface area (Å²) < 4.78 is 1.79. The molecule has 3 N–H and O–H groups in total. The fourth-order valence-electron chi connectivity index (χ4n) is 2.79. The number of nitrogens with one attached hydrogen (secondary N) is 3. The molecule has 27 heavy (non-hydrogen) atoms. The van der Waals surface area contributed by atoms with Gasteiger partial charge in [0, 0.05) is 39.2 Å². The minimum Gasteiger partial charge on any atom is -0.356 e. The number of aromatic nitrogens is 2. The van der Waals surface area contributed by atoms with E-state index in [-0.39, 0.29) is 17.7 Å². The predicted octanol–water partition coefficient (Wildman–Crippen LogP) is 1.10. The van der Waals surface area contributed by atoms with Gasteiger partial charge in [-0.15, -0.1) is 0 Å². The van der Waals surface area contributed by atoms with E-state index in [2.05, 4.69) is 20.9 Å². The second kappa shape index (κ2) is 9.70. The van der Waals surface area contributed by atoms with Gasteiger partial charge in [-0.3, -0.25) is 18.8 Å². The summed E-state index contributed by atoms with van der Waals surface area (Å²) in [7, 11) is 0. The summed E-state index contributed by atoms with van der Waals surface area (Å²) in [6.45, 7) is 6.71. The smallest absolute Gasteiger partial charge is 0.270 e. The van der Waals surface area contributed by atoms with Crippen molar-refractivity contribution in [2.75, 3.05) is 19.6 Å². The van der Waals surface area contributed by atoms with Gasteiger partial charge in [0.15, 0.2) is 0 Å². The maximum atomic E-state index is 12.5. The maximum absolute atomic E-state index is 12.5. The number of aryl methyl sites for hydroxylation is 2. The van der Waals surface area contributed by atoms with E-state index < -0.39 is 0 Å². The molecule has 146 valence electrons. The molecule has 2 rings (SSSR count). The van der Waals surface area contributed by atoms with Crippen molar-refractivity contribution in [2.45, 2.75) is 40.0 Å². The number of rotatable bonds is 9. The van der Waals surface area contributed by atoms with E-state index in [0.29, 0.717) is 50.3 Å². The molecule has 0 spiro atoms. The molecule has 3 amide bonds. The standard InChI is InChI=1S/C19H27N5O3/c1-13-7-5-12-24-17(14(2)23-18(13)24)19(27)22-9-4-8-16(26)21-11-6-10-20-15(3)25/h5,7,12H,4,6,8-11H2,1-3H3,(H,20,25)(H,21,26)(H,22,27). The quantitative estimate of drug-likeness (QED) is 0.573. The van der Waals surface area contributed by atoms with E-state index >= 15 is 0 Å². The molecule has 2 aromatic heterocycles. The van der Waals surface area contributed by atoms with Crippen molar-refractivity contribution in [2.24, 2.45) is 0 Å². The predicted molar refractivity (Wildman–Crippen MR) is 103 cm³/mol. The van der Waals surface area contributed by atoms with E-state index in [1.807, 2.05) is 32.2 Å². The first-order valence-corrected chi connectivity index (χ1v) is 9.13. The summed E-state index contributed by atoms with van der Waals surface area (Å²) in [6.07, 6.45) is 3.41. The van der Waals surface area contributed by atoms with Gasteiger partial charge in [-0.25, -0.2) is 4.98 Å². The molecule has 0 fully saturated rings. The van der Waals surface area contributed by atoms with Gasteiger partial charge in [-0.05, 0) is 38.3 Å². The lowest BCUT2D eigenvalue weighted by Crippen LogP contribution is -2.30. The molecule has 8 nitrogen and oxygen atoms in total. The molecule has 0 saturated heterocycles. The first-order valence-electron chi connectivity index (χ1n) is 9.13. The van der Waals surface area contributed by atoms with E-state index in [4.69, 9.17) is 0 Å². The SMILES string of the molecule is CC(=O)NCCCNC(=O)CCCNC(=O)c1c(C)nc2c(C)cccn12. The number of pyridine rings is 1. The van der Waals surface area contributed by atoms with Crippen LogP contribution in [0.15, 0.2) is 18.3 Å². The Morgan fingerprint density at radius 2 is 1.74 bits per heavy atom. The summed E-state index contributed by atoms with van der Waals surface area (Å²) in [5.41, 5.74) is 2.99. The van der Waals surface area contributed by atoms with Gasteiger partial charge in [0.1, 0.15) is 11.3 Å². The van der Waals surface area contributed by atoms with Gasteiger partial charge in [0.05, 0.1) is 5.69 Å². The number of hydrogen-bond acceptors (Lipinski definition) is 4. The normalized spacial score (nSPS) is 10.6. The maximum Gasteiger partial charge on any atom is 0.270 e. The summed E-state index contributed by atoms with van der Waals surface area (Å²) in [5, 5.41) is 8.32. The molecule has 0 bridgehead atoms.